The van der Waals surface area contributed by atoms with Gasteiger partial charge in [0.15, 0.2) is 0 Å². The van der Waals surface area contributed by atoms with E-state index in [4.69, 9.17) is 4.52 Å². The number of hydrazine groups is 1. The number of nitrogens with zero attached hydrogens (tertiary/aromatic N) is 2. The average Bonchev–Trinajstić information content (AvgIpc) is 3.26. The molecule has 1 aliphatic rings. The van der Waals surface area contributed by atoms with Crippen LogP contribution in [0.5, 0.6) is 0 Å². The highest BCUT2D eigenvalue weighted by molar-refractivity contribution is 5.53. The van der Waals surface area contributed by atoms with Gasteiger partial charge < -0.3 is 4.52 Å². The second-order valence-corrected chi connectivity index (χ2v) is 5.36. The van der Waals surface area contributed by atoms with Gasteiger partial charge in [-0.1, -0.05) is 65.8 Å². The average molecular weight is 292 g/mol. The van der Waals surface area contributed by atoms with Crippen molar-refractivity contribution in [1.82, 2.24) is 21.0 Å². The number of rotatable bonds is 3. The monoisotopic (exact) mass is 292 g/mol. The summed E-state index contributed by atoms with van der Waals surface area (Å²) in [7, 11) is 0. The van der Waals surface area contributed by atoms with Crippen LogP contribution in [0.15, 0.2) is 65.2 Å². The van der Waals surface area contributed by atoms with Gasteiger partial charge in [-0.05, 0) is 12.0 Å². The summed E-state index contributed by atoms with van der Waals surface area (Å²) in [5, 5.41) is 4.07. The van der Waals surface area contributed by atoms with Crippen LogP contribution in [0.25, 0.3) is 11.4 Å². The SMILES string of the molecule is c1ccc(-c2noc(C3CC(c4ccccc4)NN3)n2)cc1. The van der Waals surface area contributed by atoms with E-state index in [0.717, 1.165) is 12.0 Å². The van der Waals surface area contributed by atoms with E-state index in [1.165, 1.54) is 5.56 Å². The van der Waals surface area contributed by atoms with E-state index in [2.05, 4.69) is 33.1 Å². The van der Waals surface area contributed by atoms with Crippen molar-refractivity contribution in [2.24, 2.45) is 0 Å². The summed E-state index contributed by atoms with van der Waals surface area (Å²) in [6.07, 6.45) is 0.875. The molecule has 1 saturated heterocycles. The van der Waals surface area contributed by atoms with Crippen molar-refractivity contribution >= 4 is 0 Å². The summed E-state index contributed by atoms with van der Waals surface area (Å²) in [6, 6.07) is 20.5. The Morgan fingerprint density at radius 2 is 1.55 bits per heavy atom. The van der Waals surface area contributed by atoms with Crippen molar-refractivity contribution in [2.45, 2.75) is 18.5 Å². The Kier molecular flexibility index (Phi) is 3.42. The highest BCUT2D eigenvalue weighted by Gasteiger charge is 2.30. The third-order valence-electron chi connectivity index (χ3n) is 3.88. The number of aromatic nitrogens is 2. The first-order valence-corrected chi connectivity index (χ1v) is 7.35. The fraction of sp³-hybridized carbons (Fsp3) is 0.176. The molecule has 1 aromatic heterocycles. The Morgan fingerprint density at radius 1 is 0.864 bits per heavy atom. The van der Waals surface area contributed by atoms with Crippen molar-refractivity contribution in [2.75, 3.05) is 0 Å². The molecule has 0 radical (unpaired) electrons. The molecule has 110 valence electrons. The predicted octanol–water partition coefficient (Wildman–Crippen LogP) is 3.02. The molecule has 1 fully saturated rings. The van der Waals surface area contributed by atoms with Crippen molar-refractivity contribution < 1.29 is 4.52 Å². The molecule has 0 bridgehead atoms. The van der Waals surface area contributed by atoms with Gasteiger partial charge >= 0.3 is 0 Å². The molecule has 2 atom stereocenters. The van der Waals surface area contributed by atoms with Crippen LogP contribution in [0.2, 0.25) is 0 Å². The van der Waals surface area contributed by atoms with Crippen molar-refractivity contribution in [3.8, 4) is 11.4 Å². The maximum absolute atomic E-state index is 5.42. The van der Waals surface area contributed by atoms with Crippen LogP contribution < -0.4 is 10.9 Å². The zero-order valence-corrected chi connectivity index (χ0v) is 11.9. The molecule has 5 nitrogen and oxygen atoms in total. The van der Waals surface area contributed by atoms with E-state index < -0.39 is 0 Å². The molecule has 5 heteroatoms. The summed E-state index contributed by atoms with van der Waals surface area (Å²) in [4.78, 5) is 4.51. The van der Waals surface area contributed by atoms with E-state index >= 15 is 0 Å². The van der Waals surface area contributed by atoms with Crippen molar-refractivity contribution in [1.29, 1.82) is 0 Å². The number of hydrogen-bond donors (Lipinski definition) is 2. The first-order valence-electron chi connectivity index (χ1n) is 7.35. The standard InChI is InChI=1S/C17H16N4O/c1-3-7-12(8-4-1)14-11-15(20-19-14)17-18-16(21-22-17)13-9-5-2-6-10-13/h1-10,14-15,19-20H,11H2. The van der Waals surface area contributed by atoms with Gasteiger partial charge in [-0.25, -0.2) is 10.9 Å². The molecule has 2 unspecified atom stereocenters. The van der Waals surface area contributed by atoms with Crippen molar-refractivity contribution in [3.05, 3.63) is 72.1 Å². The second-order valence-electron chi connectivity index (χ2n) is 5.36. The molecule has 2 aromatic carbocycles. The lowest BCUT2D eigenvalue weighted by atomic mass is 10.0. The largest absolute Gasteiger partial charge is 0.337 e. The molecule has 2 heterocycles. The summed E-state index contributed by atoms with van der Waals surface area (Å²) < 4.78 is 5.42. The smallest absolute Gasteiger partial charge is 0.245 e. The third kappa shape index (κ3) is 2.52. The Balaban J connectivity index is 1.51. The number of hydrogen-bond acceptors (Lipinski definition) is 5. The highest BCUT2D eigenvalue weighted by atomic mass is 16.5. The number of nitrogens with one attached hydrogen (secondary N) is 2. The van der Waals surface area contributed by atoms with Gasteiger partial charge in [-0.2, -0.15) is 4.98 Å². The van der Waals surface area contributed by atoms with Gasteiger partial charge in [-0.3, -0.25) is 0 Å². The Bertz CT molecular complexity index is 742. The molecule has 0 aliphatic carbocycles. The maximum Gasteiger partial charge on any atom is 0.245 e. The fourth-order valence-electron chi connectivity index (χ4n) is 2.70. The van der Waals surface area contributed by atoms with Gasteiger partial charge in [0.2, 0.25) is 11.7 Å². The minimum atomic E-state index is 0.0233. The van der Waals surface area contributed by atoms with Gasteiger partial charge in [0.05, 0.1) is 0 Å². The van der Waals surface area contributed by atoms with E-state index in [-0.39, 0.29) is 12.1 Å². The molecule has 3 aromatic rings. The van der Waals surface area contributed by atoms with Crippen LogP contribution in [0.3, 0.4) is 0 Å². The zero-order chi connectivity index (χ0) is 14.8. The summed E-state index contributed by atoms with van der Waals surface area (Å²) >= 11 is 0. The van der Waals surface area contributed by atoms with E-state index in [1.807, 2.05) is 48.5 Å². The van der Waals surface area contributed by atoms with Gasteiger partial charge in [0, 0.05) is 11.6 Å². The third-order valence-corrected chi connectivity index (χ3v) is 3.88. The van der Waals surface area contributed by atoms with Gasteiger partial charge in [0.25, 0.3) is 0 Å². The van der Waals surface area contributed by atoms with Gasteiger partial charge in [0.1, 0.15) is 6.04 Å². The van der Waals surface area contributed by atoms with E-state index in [9.17, 15) is 0 Å². The van der Waals surface area contributed by atoms with E-state index in [0.29, 0.717) is 11.7 Å². The molecule has 22 heavy (non-hydrogen) atoms. The second kappa shape index (κ2) is 5.71. The van der Waals surface area contributed by atoms with Crippen LogP contribution >= 0.6 is 0 Å². The number of benzene rings is 2. The normalized spacial score (nSPS) is 21.1. The van der Waals surface area contributed by atoms with Crippen LogP contribution in [0.1, 0.15) is 30.0 Å². The summed E-state index contributed by atoms with van der Waals surface area (Å²) in [5.41, 5.74) is 8.74. The lowest BCUT2D eigenvalue weighted by Gasteiger charge is -2.08. The molecule has 0 spiro atoms. The lowest BCUT2D eigenvalue weighted by molar-refractivity contribution is 0.340. The first-order chi connectivity index (χ1) is 10.9. The summed E-state index contributed by atoms with van der Waals surface area (Å²) in [6.45, 7) is 0. The maximum atomic E-state index is 5.42. The quantitative estimate of drug-likeness (QED) is 0.777. The topological polar surface area (TPSA) is 63.0 Å². The van der Waals surface area contributed by atoms with Crippen LogP contribution in [-0.4, -0.2) is 10.1 Å². The van der Waals surface area contributed by atoms with Crippen molar-refractivity contribution in [3.63, 3.8) is 0 Å². The predicted molar refractivity (Wildman–Crippen MR) is 82.5 cm³/mol. The Hall–Kier alpha value is -2.50. The van der Waals surface area contributed by atoms with Crippen LogP contribution in [0, 0.1) is 0 Å². The Morgan fingerprint density at radius 3 is 2.32 bits per heavy atom. The minimum Gasteiger partial charge on any atom is -0.337 e. The van der Waals surface area contributed by atoms with Crippen LogP contribution in [0.4, 0.5) is 0 Å². The molecular formula is C17H16N4O. The summed E-state index contributed by atoms with van der Waals surface area (Å²) in [5.74, 6) is 1.24. The lowest BCUT2D eigenvalue weighted by Crippen LogP contribution is -2.26. The molecule has 0 amide bonds. The highest BCUT2D eigenvalue weighted by Crippen LogP contribution is 2.30. The fourth-order valence-corrected chi connectivity index (χ4v) is 2.70. The first kappa shape index (κ1) is 13.2. The zero-order valence-electron chi connectivity index (χ0n) is 11.9. The molecule has 0 saturated carbocycles. The Labute approximate surface area is 128 Å². The van der Waals surface area contributed by atoms with Gasteiger partial charge in [-0.15, -0.1) is 0 Å². The van der Waals surface area contributed by atoms with Crippen LogP contribution in [-0.2, 0) is 0 Å². The minimum absolute atomic E-state index is 0.0233. The molecule has 1 aliphatic heterocycles. The molecule has 4 rings (SSSR count). The molecule has 2 N–H and O–H groups in total. The molecular weight excluding hydrogens is 276 g/mol. The van der Waals surface area contributed by atoms with E-state index in [1.54, 1.807) is 0 Å².